The molecule has 0 saturated carbocycles. The van der Waals surface area contributed by atoms with Gasteiger partial charge in [-0.05, 0) is 19.2 Å². The van der Waals surface area contributed by atoms with Crippen LogP contribution in [0.25, 0.3) is 0 Å². The maximum atomic E-state index is 11.2. The maximum absolute atomic E-state index is 11.2. The number of hydrogen-bond acceptors (Lipinski definition) is 7. The van der Waals surface area contributed by atoms with Crippen LogP contribution in [0.5, 0.6) is 0 Å². The molecule has 1 atom stereocenters. The predicted octanol–water partition coefficient (Wildman–Crippen LogP) is 1.21. The van der Waals surface area contributed by atoms with Gasteiger partial charge in [-0.25, -0.2) is 0 Å². The standard InChI is InChI=1S/C9H16N4OS3/c1-3-4-11-6(7(10)14)5-16-9-13-12-8(15-2)17-9/h6,11H,3-5H2,1-2H3,(H2,10,14). The molecule has 0 aliphatic carbocycles. The summed E-state index contributed by atoms with van der Waals surface area (Å²) < 4.78 is 1.81. The maximum Gasteiger partial charge on any atom is 0.235 e. The average molecular weight is 292 g/mol. The molecule has 96 valence electrons. The Morgan fingerprint density at radius 3 is 2.76 bits per heavy atom. The molecule has 5 nitrogen and oxygen atoms in total. The average Bonchev–Trinajstić information content (AvgIpc) is 2.76. The fraction of sp³-hybridized carbons (Fsp3) is 0.667. The summed E-state index contributed by atoms with van der Waals surface area (Å²) in [6, 6.07) is -0.304. The number of primary amides is 1. The molecule has 0 aromatic carbocycles. The van der Waals surface area contributed by atoms with Gasteiger partial charge in [0.2, 0.25) is 5.91 Å². The molecular weight excluding hydrogens is 276 g/mol. The number of amides is 1. The number of nitrogens with one attached hydrogen (secondary N) is 1. The van der Waals surface area contributed by atoms with Crippen molar-refractivity contribution in [1.82, 2.24) is 15.5 Å². The monoisotopic (exact) mass is 292 g/mol. The first-order valence-corrected chi connectivity index (χ1v) is 8.23. The van der Waals surface area contributed by atoms with Crippen LogP contribution in [0.4, 0.5) is 0 Å². The van der Waals surface area contributed by atoms with Crippen molar-refractivity contribution in [3.05, 3.63) is 0 Å². The van der Waals surface area contributed by atoms with Gasteiger partial charge in [0.1, 0.15) is 0 Å². The molecule has 1 unspecified atom stereocenters. The predicted molar refractivity (Wildman–Crippen MR) is 73.7 cm³/mol. The first-order valence-electron chi connectivity index (χ1n) is 5.20. The highest BCUT2D eigenvalue weighted by Crippen LogP contribution is 2.27. The molecule has 0 bridgehead atoms. The summed E-state index contributed by atoms with van der Waals surface area (Å²) in [5.41, 5.74) is 5.32. The fourth-order valence-electron chi connectivity index (χ4n) is 1.05. The molecule has 0 aliphatic heterocycles. The lowest BCUT2D eigenvalue weighted by molar-refractivity contribution is -0.119. The van der Waals surface area contributed by atoms with E-state index in [1.54, 1.807) is 11.8 Å². The van der Waals surface area contributed by atoms with Crippen molar-refractivity contribution in [3.63, 3.8) is 0 Å². The van der Waals surface area contributed by atoms with Gasteiger partial charge in [0.15, 0.2) is 8.68 Å². The van der Waals surface area contributed by atoms with E-state index < -0.39 is 0 Å². The van der Waals surface area contributed by atoms with Crippen LogP contribution in [-0.4, -0.2) is 40.7 Å². The lowest BCUT2D eigenvalue weighted by Crippen LogP contribution is -2.43. The number of carbonyl (C=O) groups is 1. The van der Waals surface area contributed by atoms with E-state index in [-0.39, 0.29) is 11.9 Å². The molecule has 0 saturated heterocycles. The molecule has 3 N–H and O–H groups in total. The number of aromatic nitrogens is 2. The van der Waals surface area contributed by atoms with E-state index in [9.17, 15) is 4.79 Å². The van der Waals surface area contributed by atoms with Crippen LogP contribution in [-0.2, 0) is 4.79 Å². The van der Waals surface area contributed by atoms with Crippen LogP contribution >= 0.6 is 34.9 Å². The van der Waals surface area contributed by atoms with Crippen LogP contribution in [0.1, 0.15) is 13.3 Å². The minimum atomic E-state index is -0.319. The Morgan fingerprint density at radius 2 is 2.24 bits per heavy atom. The Bertz CT molecular complexity index is 358. The van der Waals surface area contributed by atoms with Crippen molar-refractivity contribution in [2.24, 2.45) is 5.73 Å². The van der Waals surface area contributed by atoms with Gasteiger partial charge in [0.05, 0.1) is 6.04 Å². The zero-order valence-corrected chi connectivity index (χ0v) is 12.3. The van der Waals surface area contributed by atoms with Gasteiger partial charge in [-0.1, -0.05) is 41.8 Å². The Morgan fingerprint density at radius 1 is 1.53 bits per heavy atom. The first kappa shape index (κ1) is 14.7. The number of nitrogens with two attached hydrogens (primary N) is 1. The highest BCUT2D eigenvalue weighted by atomic mass is 32.2. The molecule has 8 heteroatoms. The highest BCUT2D eigenvalue weighted by molar-refractivity contribution is 8.03. The Labute approximate surface area is 113 Å². The van der Waals surface area contributed by atoms with E-state index in [0.29, 0.717) is 5.75 Å². The van der Waals surface area contributed by atoms with Crippen molar-refractivity contribution < 1.29 is 4.79 Å². The third kappa shape index (κ3) is 5.24. The van der Waals surface area contributed by atoms with Crippen LogP contribution in [0.3, 0.4) is 0 Å². The van der Waals surface area contributed by atoms with Gasteiger partial charge in [-0.2, -0.15) is 0 Å². The third-order valence-corrected chi connectivity index (χ3v) is 5.05. The molecule has 1 heterocycles. The topological polar surface area (TPSA) is 80.9 Å². The zero-order valence-electron chi connectivity index (χ0n) is 9.80. The lowest BCUT2D eigenvalue weighted by Gasteiger charge is -2.13. The van der Waals surface area contributed by atoms with E-state index in [1.165, 1.54) is 23.1 Å². The van der Waals surface area contributed by atoms with E-state index in [4.69, 9.17) is 5.73 Å². The quantitative estimate of drug-likeness (QED) is 0.701. The summed E-state index contributed by atoms with van der Waals surface area (Å²) in [6.07, 6.45) is 2.94. The minimum Gasteiger partial charge on any atom is -0.368 e. The molecule has 0 aliphatic rings. The van der Waals surface area contributed by atoms with Gasteiger partial charge in [0.25, 0.3) is 0 Å². The largest absolute Gasteiger partial charge is 0.368 e. The zero-order chi connectivity index (χ0) is 12.7. The molecular formula is C9H16N4OS3. The van der Waals surface area contributed by atoms with Crippen molar-refractivity contribution in [1.29, 1.82) is 0 Å². The summed E-state index contributed by atoms with van der Waals surface area (Å²) >= 11 is 4.61. The summed E-state index contributed by atoms with van der Waals surface area (Å²) in [4.78, 5) is 11.2. The molecule has 0 spiro atoms. The van der Waals surface area contributed by atoms with Gasteiger partial charge in [0, 0.05) is 5.75 Å². The Kier molecular flexibility index (Phi) is 6.86. The van der Waals surface area contributed by atoms with Crippen LogP contribution in [0.15, 0.2) is 8.68 Å². The molecule has 1 rings (SSSR count). The van der Waals surface area contributed by atoms with Crippen LogP contribution < -0.4 is 11.1 Å². The van der Waals surface area contributed by atoms with Crippen molar-refractivity contribution in [2.75, 3.05) is 18.6 Å². The summed E-state index contributed by atoms with van der Waals surface area (Å²) in [5, 5.41) is 11.1. The Balaban J connectivity index is 2.42. The minimum absolute atomic E-state index is 0.304. The number of hydrogen-bond donors (Lipinski definition) is 2. The summed E-state index contributed by atoms with van der Waals surface area (Å²) in [5.74, 6) is 0.277. The second-order valence-corrected chi connectivity index (χ2v) is 6.56. The van der Waals surface area contributed by atoms with Gasteiger partial charge in [-0.15, -0.1) is 10.2 Å². The second-order valence-electron chi connectivity index (χ2n) is 3.26. The molecule has 1 amide bonds. The number of nitrogens with zero attached hydrogens (tertiary/aromatic N) is 2. The van der Waals surface area contributed by atoms with E-state index in [2.05, 4.69) is 15.5 Å². The van der Waals surface area contributed by atoms with Gasteiger partial charge in [-0.3, -0.25) is 4.79 Å². The normalized spacial score (nSPS) is 12.6. The van der Waals surface area contributed by atoms with Crippen LogP contribution in [0.2, 0.25) is 0 Å². The molecule has 0 radical (unpaired) electrons. The van der Waals surface area contributed by atoms with Crippen molar-refractivity contribution in [3.8, 4) is 0 Å². The molecule has 1 aromatic heterocycles. The number of rotatable bonds is 8. The smallest absolute Gasteiger partial charge is 0.235 e. The third-order valence-electron chi connectivity index (χ3n) is 1.92. The lowest BCUT2D eigenvalue weighted by atomic mass is 10.3. The molecule has 1 aromatic rings. The Hall–Kier alpha value is -0.310. The number of thioether (sulfide) groups is 2. The van der Waals surface area contributed by atoms with E-state index in [0.717, 1.165) is 21.6 Å². The molecule has 17 heavy (non-hydrogen) atoms. The SMILES string of the molecule is CCCNC(CSc1nnc(SC)s1)C(N)=O. The fourth-order valence-corrected chi connectivity index (χ4v) is 3.58. The summed E-state index contributed by atoms with van der Waals surface area (Å²) in [7, 11) is 0. The van der Waals surface area contributed by atoms with Crippen LogP contribution in [0, 0.1) is 0 Å². The van der Waals surface area contributed by atoms with E-state index >= 15 is 0 Å². The highest BCUT2D eigenvalue weighted by Gasteiger charge is 2.15. The van der Waals surface area contributed by atoms with Crippen molar-refractivity contribution >= 4 is 40.8 Å². The van der Waals surface area contributed by atoms with Gasteiger partial charge >= 0.3 is 0 Å². The first-order chi connectivity index (χ1) is 8.17. The van der Waals surface area contributed by atoms with E-state index in [1.807, 2.05) is 13.2 Å². The second kappa shape index (κ2) is 7.91. The summed E-state index contributed by atoms with van der Waals surface area (Å²) in [6.45, 7) is 2.84. The van der Waals surface area contributed by atoms with Crippen molar-refractivity contribution in [2.45, 2.75) is 28.1 Å². The van der Waals surface area contributed by atoms with Gasteiger partial charge < -0.3 is 11.1 Å². The molecule has 0 fully saturated rings. The number of carbonyl (C=O) groups excluding carboxylic acids is 1.